The Hall–Kier alpha value is -2.94. The molecule has 1 aliphatic rings. The molecule has 2 heterocycles. The zero-order valence-corrected chi connectivity index (χ0v) is 16.5. The molecule has 28 heavy (non-hydrogen) atoms. The van der Waals surface area contributed by atoms with Crippen LogP contribution in [-0.2, 0) is 16.1 Å². The number of aromatic nitrogens is 3. The molecule has 0 bridgehead atoms. The number of carbonyl (C=O) groups is 1. The fourth-order valence-corrected chi connectivity index (χ4v) is 2.65. The van der Waals surface area contributed by atoms with Crippen molar-refractivity contribution in [3.8, 4) is 5.75 Å². The van der Waals surface area contributed by atoms with Gasteiger partial charge in [0.05, 0.1) is 19.8 Å². The van der Waals surface area contributed by atoms with E-state index in [1.807, 2.05) is 49.3 Å². The fraction of sp³-hybridized carbons (Fsp3) is 0.474. The van der Waals surface area contributed by atoms with Gasteiger partial charge in [-0.3, -0.25) is 4.79 Å². The van der Waals surface area contributed by atoms with E-state index in [4.69, 9.17) is 9.47 Å². The first-order valence-electron chi connectivity index (χ1n) is 9.27. The van der Waals surface area contributed by atoms with Gasteiger partial charge in [-0.05, 0) is 19.1 Å². The van der Waals surface area contributed by atoms with E-state index in [-0.39, 0.29) is 12.5 Å². The molecule has 150 valence electrons. The number of nitrogens with one attached hydrogen (secondary N) is 1. The summed E-state index contributed by atoms with van der Waals surface area (Å²) >= 11 is 0. The van der Waals surface area contributed by atoms with Crippen LogP contribution in [0.2, 0.25) is 0 Å². The summed E-state index contributed by atoms with van der Waals surface area (Å²) in [6.45, 7) is 4.64. The maximum atomic E-state index is 12.4. The minimum absolute atomic E-state index is 0.196. The maximum absolute atomic E-state index is 12.4. The zero-order valence-electron chi connectivity index (χ0n) is 16.5. The molecule has 0 radical (unpaired) electrons. The van der Waals surface area contributed by atoms with Gasteiger partial charge in [-0.15, -0.1) is 0 Å². The first kappa shape index (κ1) is 19.8. The van der Waals surface area contributed by atoms with E-state index in [0.29, 0.717) is 36.7 Å². The van der Waals surface area contributed by atoms with E-state index in [2.05, 4.69) is 25.2 Å². The fourth-order valence-electron chi connectivity index (χ4n) is 2.65. The molecular formula is C19H26N6O3. The summed E-state index contributed by atoms with van der Waals surface area (Å²) in [5.74, 6) is 2.06. The van der Waals surface area contributed by atoms with Gasteiger partial charge in [-0.2, -0.15) is 15.0 Å². The summed E-state index contributed by atoms with van der Waals surface area (Å²) in [5.41, 5.74) is 0. The van der Waals surface area contributed by atoms with Crippen molar-refractivity contribution in [1.29, 1.82) is 0 Å². The van der Waals surface area contributed by atoms with Crippen molar-refractivity contribution in [3.05, 3.63) is 36.2 Å². The molecule has 1 unspecified atom stereocenters. The molecule has 0 spiro atoms. The van der Waals surface area contributed by atoms with E-state index in [1.165, 1.54) is 0 Å². The van der Waals surface area contributed by atoms with E-state index >= 15 is 0 Å². The Morgan fingerprint density at radius 2 is 1.93 bits per heavy atom. The maximum Gasteiger partial charge on any atom is 0.261 e. The lowest BCUT2D eigenvalue weighted by Gasteiger charge is -2.27. The number of para-hydroxylation sites is 1. The van der Waals surface area contributed by atoms with Crippen LogP contribution in [0.25, 0.3) is 0 Å². The van der Waals surface area contributed by atoms with E-state index in [1.54, 1.807) is 6.92 Å². The van der Waals surface area contributed by atoms with Crippen LogP contribution in [-0.4, -0.2) is 67.4 Å². The number of hydrogen-bond acceptors (Lipinski definition) is 8. The van der Waals surface area contributed by atoms with Crippen molar-refractivity contribution in [3.63, 3.8) is 0 Å². The molecule has 1 aromatic carbocycles. The molecule has 1 atom stereocenters. The number of rotatable bonds is 7. The number of benzene rings is 1. The average molecular weight is 386 g/mol. The lowest BCUT2D eigenvalue weighted by atomic mass is 10.3. The molecular weight excluding hydrogens is 360 g/mol. The highest BCUT2D eigenvalue weighted by molar-refractivity contribution is 5.80. The first-order valence-corrected chi connectivity index (χ1v) is 9.27. The van der Waals surface area contributed by atoms with Gasteiger partial charge in [-0.25, -0.2) is 0 Å². The lowest BCUT2D eigenvalue weighted by Crippen LogP contribution is -2.39. The average Bonchev–Trinajstić information content (AvgIpc) is 2.73. The summed E-state index contributed by atoms with van der Waals surface area (Å²) < 4.78 is 11.0. The Labute approximate surface area is 164 Å². The Balaban J connectivity index is 1.65. The van der Waals surface area contributed by atoms with Crippen molar-refractivity contribution in [2.24, 2.45) is 0 Å². The molecule has 3 rings (SSSR count). The van der Waals surface area contributed by atoms with Crippen molar-refractivity contribution >= 4 is 17.8 Å². The third kappa shape index (κ3) is 5.29. The highest BCUT2D eigenvalue weighted by Crippen LogP contribution is 2.14. The number of carbonyl (C=O) groups excluding carboxylic acids is 1. The monoisotopic (exact) mass is 386 g/mol. The second-order valence-electron chi connectivity index (χ2n) is 6.64. The number of nitrogens with zero attached hydrogens (tertiary/aromatic N) is 5. The Morgan fingerprint density at radius 1 is 1.21 bits per heavy atom. The third-order valence-electron chi connectivity index (χ3n) is 4.20. The van der Waals surface area contributed by atoms with Crippen LogP contribution >= 0.6 is 0 Å². The van der Waals surface area contributed by atoms with Gasteiger partial charge in [0.25, 0.3) is 5.91 Å². The number of hydrogen-bond donors (Lipinski definition) is 1. The van der Waals surface area contributed by atoms with Crippen LogP contribution in [0.5, 0.6) is 5.75 Å². The number of ether oxygens (including phenoxy) is 2. The van der Waals surface area contributed by atoms with Gasteiger partial charge in [0, 0.05) is 27.2 Å². The molecule has 1 saturated heterocycles. The molecule has 0 aliphatic carbocycles. The van der Waals surface area contributed by atoms with Crippen molar-refractivity contribution in [1.82, 2.24) is 20.3 Å². The first-order chi connectivity index (χ1) is 13.5. The number of morpholine rings is 1. The summed E-state index contributed by atoms with van der Waals surface area (Å²) in [6, 6.07) is 9.25. The predicted octanol–water partition coefficient (Wildman–Crippen LogP) is 0.858. The Kier molecular flexibility index (Phi) is 6.59. The molecule has 0 saturated carbocycles. The standard InChI is InChI=1S/C19H26N6O3/c1-14(28-15-7-5-4-6-8-15)17(26)20-13-16-21-18(24(2)3)23-19(22-16)25-9-11-27-12-10-25/h4-8,14H,9-13H2,1-3H3,(H,20,26). The van der Waals surface area contributed by atoms with Crippen molar-refractivity contribution in [2.45, 2.75) is 19.6 Å². The summed E-state index contributed by atoms with van der Waals surface area (Å²) in [4.78, 5) is 29.7. The van der Waals surface area contributed by atoms with Crippen LogP contribution < -0.4 is 19.9 Å². The normalized spacial score (nSPS) is 15.0. The lowest BCUT2D eigenvalue weighted by molar-refractivity contribution is -0.127. The molecule has 9 nitrogen and oxygen atoms in total. The third-order valence-corrected chi connectivity index (χ3v) is 4.20. The molecule has 1 fully saturated rings. The van der Waals surface area contributed by atoms with Crippen molar-refractivity contribution in [2.75, 3.05) is 50.2 Å². The van der Waals surface area contributed by atoms with Crippen LogP contribution in [0, 0.1) is 0 Å². The second kappa shape index (κ2) is 9.32. The van der Waals surface area contributed by atoms with Gasteiger partial charge < -0.3 is 24.6 Å². The SMILES string of the molecule is CC(Oc1ccccc1)C(=O)NCc1nc(N(C)C)nc(N2CCOCC2)n1. The topological polar surface area (TPSA) is 92.7 Å². The quantitative estimate of drug-likeness (QED) is 0.749. The largest absolute Gasteiger partial charge is 0.481 e. The molecule has 1 aliphatic heterocycles. The molecule has 9 heteroatoms. The van der Waals surface area contributed by atoms with Gasteiger partial charge in [0.2, 0.25) is 11.9 Å². The molecule has 1 amide bonds. The van der Waals surface area contributed by atoms with Crippen LogP contribution in [0.3, 0.4) is 0 Å². The highest BCUT2D eigenvalue weighted by Gasteiger charge is 2.19. The van der Waals surface area contributed by atoms with Crippen LogP contribution in [0.4, 0.5) is 11.9 Å². The zero-order chi connectivity index (χ0) is 19.9. The molecule has 1 N–H and O–H groups in total. The summed E-state index contributed by atoms with van der Waals surface area (Å²) in [7, 11) is 3.74. The van der Waals surface area contributed by atoms with Gasteiger partial charge in [-0.1, -0.05) is 18.2 Å². The number of anilines is 2. The second-order valence-corrected chi connectivity index (χ2v) is 6.64. The Bertz CT molecular complexity index is 780. The van der Waals surface area contributed by atoms with E-state index in [0.717, 1.165) is 13.1 Å². The predicted molar refractivity (Wildman–Crippen MR) is 106 cm³/mol. The van der Waals surface area contributed by atoms with E-state index < -0.39 is 6.10 Å². The van der Waals surface area contributed by atoms with Crippen LogP contribution in [0.15, 0.2) is 30.3 Å². The van der Waals surface area contributed by atoms with Crippen molar-refractivity contribution < 1.29 is 14.3 Å². The van der Waals surface area contributed by atoms with Gasteiger partial charge in [0.1, 0.15) is 5.75 Å². The number of amides is 1. The minimum Gasteiger partial charge on any atom is -0.481 e. The van der Waals surface area contributed by atoms with Crippen LogP contribution in [0.1, 0.15) is 12.7 Å². The highest BCUT2D eigenvalue weighted by atomic mass is 16.5. The summed E-state index contributed by atoms with van der Waals surface area (Å²) in [6.07, 6.45) is -0.628. The molecule has 1 aromatic heterocycles. The van der Waals surface area contributed by atoms with Gasteiger partial charge in [0.15, 0.2) is 11.9 Å². The molecule has 2 aromatic rings. The van der Waals surface area contributed by atoms with E-state index in [9.17, 15) is 4.79 Å². The smallest absolute Gasteiger partial charge is 0.261 e. The minimum atomic E-state index is -0.628. The Morgan fingerprint density at radius 3 is 2.61 bits per heavy atom. The van der Waals surface area contributed by atoms with Gasteiger partial charge >= 0.3 is 0 Å². The summed E-state index contributed by atoms with van der Waals surface area (Å²) in [5, 5.41) is 2.84.